The van der Waals surface area contributed by atoms with Crippen LogP contribution in [-0.2, 0) is 9.53 Å². The van der Waals surface area contributed by atoms with Crippen LogP contribution >= 0.6 is 0 Å². The van der Waals surface area contributed by atoms with E-state index in [4.69, 9.17) is 16.2 Å². The van der Waals surface area contributed by atoms with Crippen LogP contribution in [0.15, 0.2) is 0 Å². The lowest BCUT2D eigenvalue weighted by molar-refractivity contribution is -0.119. The molecule has 0 saturated carbocycles. The Balaban J connectivity index is 2.35. The van der Waals surface area contributed by atoms with Gasteiger partial charge in [-0.2, -0.15) is 0 Å². The van der Waals surface area contributed by atoms with Gasteiger partial charge in [-0.05, 0) is 32.7 Å². The number of carbonyl (C=O) groups is 1. The van der Waals surface area contributed by atoms with Crippen molar-refractivity contribution in [2.75, 3.05) is 26.7 Å². The van der Waals surface area contributed by atoms with Crippen LogP contribution in [0.4, 0.5) is 0 Å². The predicted molar refractivity (Wildman–Crippen MR) is 62.9 cm³/mol. The van der Waals surface area contributed by atoms with E-state index in [1.165, 1.54) is 0 Å². The number of nitrogens with two attached hydrogens (primary N) is 2. The van der Waals surface area contributed by atoms with E-state index in [2.05, 4.69) is 11.8 Å². The highest BCUT2D eigenvalue weighted by molar-refractivity contribution is 5.79. The molecule has 0 aromatic heterocycles. The molecule has 0 aromatic rings. The summed E-state index contributed by atoms with van der Waals surface area (Å²) in [7, 11) is 1.75. The number of primary amides is 1. The van der Waals surface area contributed by atoms with Crippen molar-refractivity contribution < 1.29 is 9.53 Å². The third kappa shape index (κ3) is 3.73. The van der Waals surface area contributed by atoms with E-state index in [-0.39, 0.29) is 5.60 Å². The van der Waals surface area contributed by atoms with Crippen LogP contribution in [0.1, 0.15) is 26.2 Å². The summed E-state index contributed by atoms with van der Waals surface area (Å²) in [6.07, 6.45) is 2.83. The average molecular weight is 229 g/mol. The molecule has 0 radical (unpaired) electrons. The van der Waals surface area contributed by atoms with Gasteiger partial charge in [-0.15, -0.1) is 0 Å². The minimum Gasteiger partial charge on any atom is -0.377 e. The summed E-state index contributed by atoms with van der Waals surface area (Å²) in [6, 6.07) is -0.532. The normalized spacial score (nSPS) is 28.9. The molecule has 0 spiro atoms. The van der Waals surface area contributed by atoms with Crippen molar-refractivity contribution in [2.45, 2.75) is 37.8 Å². The van der Waals surface area contributed by atoms with Crippen LogP contribution in [0.5, 0.6) is 0 Å². The Morgan fingerprint density at radius 1 is 1.62 bits per heavy atom. The summed E-state index contributed by atoms with van der Waals surface area (Å²) in [5.41, 5.74) is 10.7. The third-order valence-electron chi connectivity index (χ3n) is 3.35. The first-order chi connectivity index (χ1) is 7.47. The van der Waals surface area contributed by atoms with Gasteiger partial charge in [0.1, 0.15) is 0 Å². The zero-order chi connectivity index (χ0) is 12.2. The van der Waals surface area contributed by atoms with Crippen molar-refractivity contribution in [1.29, 1.82) is 0 Å². The van der Waals surface area contributed by atoms with Gasteiger partial charge in [0.25, 0.3) is 0 Å². The quantitative estimate of drug-likeness (QED) is 0.677. The Hall–Kier alpha value is -0.650. The van der Waals surface area contributed by atoms with Gasteiger partial charge < -0.3 is 21.1 Å². The zero-order valence-corrected chi connectivity index (χ0v) is 10.2. The fourth-order valence-corrected chi connectivity index (χ4v) is 2.13. The highest BCUT2D eigenvalue weighted by Gasteiger charge is 2.30. The monoisotopic (exact) mass is 229 g/mol. The second kappa shape index (κ2) is 5.61. The summed E-state index contributed by atoms with van der Waals surface area (Å²) in [5, 5.41) is 0. The fraction of sp³-hybridized carbons (Fsp3) is 0.909. The molecular formula is C11H23N3O2. The lowest BCUT2D eigenvalue weighted by atomic mass is 9.94. The minimum absolute atomic E-state index is 0.0604. The van der Waals surface area contributed by atoms with E-state index in [9.17, 15) is 4.79 Å². The Morgan fingerprint density at radius 3 is 2.88 bits per heavy atom. The maximum Gasteiger partial charge on any atom is 0.234 e. The molecule has 1 rings (SSSR count). The predicted octanol–water partition coefficient (Wildman–Crippen LogP) is -0.310. The van der Waals surface area contributed by atoms with Gasteiger partial charge in [0.15, 0.2) is 0 Å². The van der Waals surface area contributed by atoms with Gasteiger partial charge in [0.05, 0.1) is 11.6 Å². The number of hydrogen-bond donors (Lipinski definition) is 2. The molecule has 5 heteroatoms. The second-order valence-corrected chi connectivity index (χ2v) is 4.83. The maximum absolute atomic E-state index is 10.8. The summed E-state index contributed by atoms with van der Waals surface area (Å²) in [6.45, 7) is 4.87. The SMILES string of the molecule is COC1(C)CCCN(CCC(N)C(N)=O)C1. The minimum atomic E-state index is -0.532. The van der Waals surface area contributed by atoms with Crippen LogP contribution in [0, 0.1) is 0 Å². The molecule has 4 N–H and O–H groups in total. The van der Waals surface area contributed by atoms with Crippen molar-refractivity contribution >= 4 is 5.91 Å². The number of methoxy groups -OCH3 is 1. The molecule has 1 aliphatic rings. The molecule has 1 fully saturated rings. The molecule has 2 atom stereocenters. The number of nitrogens with zero attached hydrogens (tertiary/aromatic N) is 1. The van der Waals surface area contributed by atoms with Crippen LogP contribution < -0.4 is 11.5 Å². The Labute approximate surface area is 97.1 Å². The van der Waals surface area contributed by atoms with Gasteiger partial charge in [0, 0.05) is 20.2 Å². The summed E-state index contributed by atoms with van der Waals surface area (Å²) in [5.74, 6) is -0.425. The molecule has 0 aliphatic carbocycles. The van der Waals surface area contributed by atoms with Crippen LogP contribution in [0.2, 0.25) is 0 Å². The Bertz CT molecular complexity index is 247. The highest BCUT2D eigenvalue weighted by Crippen LogP contribution is 2.23. The molecule has 1 heterocycles. The van der Waals surface area contributed by atoms with Crippen molar-refractivity contribution in [3.8, 4) is 0 Å². The number of piperidine rings is 1. The van der Waals surface area contributed by atoms with E-state index in [1.807, 2.05) is 0 Å². The number of carbonyl (C=O) groups excluding carboxylic acids is 1. The van der Waals surface area contributed by atoms with E-state index >= 15 is 0 Å². The number of amides is 1. The van der Waals surface area contributed by atoms with Crippen molar-refractivity contribution in [3.05, 3.63) is 0 Å². The largest absolute Gasteiger partial charge is 0.377 e. The lowest BCUT2D eigenvalue weighted by Gasteiger charge is -2.39. The summed E-state index contributed by atoms with van der Waals surface area (Å²) < 4.78 is 5.50. The molecule has 0 aromatic carbocycles. The Morgan fingerprint density at radius 2 is 2.31 bits per heavy atom. The first-order valence-corrected chi connectivity index (χ1v) is 5.79. The molecule has 1 aliphatic heterocycles. The highest BCUT2D eigenvalue weighted by atomic mass is 16.5. The molecular weight excluding hydrogens is 206 g/mol. The molecule has 2 unspecified atom stereocenters. The second-order valence-electron chi connectivity index (χ2n) is 4.83. The Kier molecular flexibility index (Phi) is 4.70. The smallest absolute Gasteiger partial charge is 0.234 e. The zero-order valence-electron chi connectivity index (χ0n) is 10.2. The van der Waals surface area contributed by atoms with E-state index in [0.29, 0.717) is 6.42 Å². The third-order valence-corrected chi connectivity index (χ3v) is 3.35. The topological polar surface area (TPSA) is 81.6 Å². The van der Waals surface area contributed by atoms with Gasteiger partial charge >= 0.3 is 0 Å². The number of likely N-dealkylation sites (tertiary alicyclic amines) is 1. The number of rotatable bonds is 5. The van der Waals surface area contributed by atoms with Gasteiger partial charge in [-0.3, -0.25) is 4.79 Å². The van der Waals surface area contributed by atoms with E-state index in [0.717, 1.165) is 32.5 Å². The van der Waals surface area contributed by atoms with Crippen molar-refractivity contribution in [1.82, 2.24) is 4.90 Å². The fourth-order valence-electron chi connectivity index (χ4n) is 2.13. The van der Waals surface area contributed by atoms with Gasteiger partial charge in [-0.1, -0.05) is 0 Å². The molecule has 1 saturated heterocycles. The molecule has 16 heavy (non-hydrogen) atoms. The molecule has 5 nitrogen and oxygen atoms in total. The lowest BCUT2D eigenvalue weighted by Crippen LogP contribution is -2.49. The molecule has 0 bridgehead atoms. The number of ether oxygens (including phenoxy) is 1. The standard InChI is InChI=1S/C11H23N3O2/c1-11(16-2)5-3-6-14(8-11)7-4-9(12)10(13)15/h9H,3-8,12H2,1-2H3,(H2,13,15). The van der Waals surface area contributed by atoms with Gasteiger partial charge in [-0.25, -0.2) is 0 Å². The van der Waals surface area contributed by atoms with Crippen LogP contribution in [0.3, 0.4) is 0 Å². The number of hydrogen-bond acceptors (Lipinski definition) is 4. The average Bonchev–Trinajstić information content (AvgIpc) is 2.26. The molecule has 94 valence electrons. The van der Waals surface area contributed by atoms with E-state index in [1.54, 1.807) is 7.11 Å². The van der Waals surface area contributed by atoms with Crippen molar-refractivity contribution in [3.63, 3.8) is 0 Å². The van der Waals surface area contributed by atoms with Crippen LogP contribution in [0.25, 0.3) is 0 Å². The summed E-state index contributed by atoms with van der Waals surface area (Å²) >= 11 is 0. The summed E-state index contributed by atoms with van der Waals surface area (Å²) in [4.78, 5) is 13.1. The van der Waals surface area contributed by atoms with Crippen molar-refractivity contribution in [2.24, 2.45) is 11.5 Å². The first kappa shape index (κ1) is 13.4. The first-order valence-electron chi connectivity index (χ1n) is 5.79. The molecule has 1 amide bonds. The van der Waals surface area contributed by atoms with E-state index < -0.39 is 11.9 Å². The van der Waals surface area contributed by atoms with Crippen LogP contribution in [-0.4, -0.2) is 49.2 Å². The van der Waals surface area contributed by atoms with Gasteiger partial charge in [0.2, 0.25) is 5.91 Å². The maximum atomic E-state index is 10.8.